The molecule has 3 N–H and O–H groups in total. The van der Waals surface area contributed by atoms with E-state index >= 15 is 0 Å². The molecule has 2 aromatic carbocycles. The largest absolute Gasteiger partial charge is 0.396 e. The number of aliphatic hydroxyl groups excluding tert-OH is 2. The lowest BCUT2D eigenvalue weighted by Crippen LogP contribution is -2.44. The Morgan fingerprint density at radius 1 is 1.16 bits per heavy atom. The summed E-state index contributed by atoms with van der Waals surface area (Å²) < 4.78 is 0. The molecular weight excluding hydrogens is 316 g/mol. The van der Waals surface area contributed by atoms with E-state index in [0.717, 1.165) is 17.8 Å². The van der Waals surface area contributed by atoms with E-state index in [1.807, 2.05) is 48.5 Å². The zero-order valence-corrected chi connectivity index (χ0v) is 14.1. The van der Waals surface area contributed by atoms with Gasteiger partial charge in [0.15, 0.2) is 0 Å². The van der Waals surface area contributed by atoms with Gasteiger partial charge in [0.2, 0.25) is 0 Å². The van der Waals surface area contributed by atoms with Gasteiger partial charge in [-0.1, -0.05) is 30.3 Å². The van der Waals surface area contributed by atoms with E-state index in [9.17, 15) is 15.0 Å². The quantitative estimate of drug-likeness (QED) is 0.779. The average Bonchev–Trinajstić information content (AvgIpc) is 2.64. The van der Waals surface area contributed by atoms with Crippen LogP contribution in [0, 0.1) is 5.92 Å². The molecule has 1 amide bonds. The van der Waals surface area contributed by atoms with Crippen molar-refractivity contribution in [1.82, 2.24) is 4.90 Å². The third kappa shape index (κ3) is 4.66. The molecule has 3 rings (SSSR count). The summed E-state index contributed by atoms with van der Waals surface area (Å²) in [5.74, 6) is -0.228. The highest BCUT2D eigenvalue weighted by molar-refractivity contribution is 6.04. The van der Waals surface area contributed by atoms with Gasteiger partial charge in [0, 0.05) is 43.4 Å². The Kier molecular flexibility index (Phi) is 5.81. The van der Waals surface area contributed by atoms with E-state index < -0.39 is 6.10 Å². The Labute approximate surface area is 147 Å². The number of para-hydroxylation sites is 1. The number of nitrogens with zero attached hydrogens (tertiary/aromatic N) is 1. The number of hydrogen-bond acceptors (Lipinski definition) is 4. The molecular formula is C20H24N2O3. The summed E-state index contributed by atoms with van der Waals surface area (Å²) >= 11 is 0. The van der Waals surface area contributed by atoms with Gasteiger partial charge in [-0.25, -0.2) is 0 Å². The van der Waals surface area contributed by atoms with E-state index in [-0.39, 0.29) is 18.4 Å². The predicted octanol–water partition coefficient (Wildman–Crippen LogP) is 2.11. The van der Waals surface area contributed by atoms with Crippen molar-refractivity contribution in [1.29, 1.82) is 0 Å². The Balaban J connectivity index is 1.64. The second-order valence-electron chi connectivity index (χ2n) is 6.55. The topological polar surface area (TPSA) is 72.8 Å². The van der Waals surface area contributed by atoms with Crippen molar-refractivity contribution in [2.24, 2.45) is 5.92 Å². The van der Waals surface area contributed by atoms with Crippen molar-refractivity contribution in [2.45, 2.75) is 19.1 Å². The van der Waals surface area contributed by atoms with E-state index in [1.165, 1.54) is 0 Å². The molecule has 1 fully saturated rings. The Morgan fingerprint density at radius 3 is 2.72 bits per heavy atom. The number of likely N-dealkylation sites (tertiary alicyclic amines) is 1. The first kappa shape index (κ1) is 17.6. The predicted molar refractivity (Wildman–Crippen MR) is 97.3 cm³/mol. The summed E-state index contributed by atoms with van der Waals surface area (Å²) in [5, 5.41) is 22.1. The molecule has 1 aliphatic rings. The lowest BCUT2D eigenvalue weighted by molar-refractivity contribution is -0.00201. The SMILES string of the molecule is O=C(Nc1ccccc1)c1cccc(CN2CCC(O)C(CO)C2)c1. The maximum Gasteiger partial charge on any atom is 0.255 e. The van der Waals surface area contributed by atoms with Gasteiger partial charge in [0.25, 0.3) is 5.91 Å². The minimum Gasteiger partial charge on any atom is -0.396 e. The summed E-state index contributed by atoms with van der Waals surface area (Å²) in [6.45, 7) is 2.16. The zero-order valence-electron chi connectivity index (χ0n) is 14.1. The molecule has 5 heteroatoms. The average molecular weight is 340 g/mol. The molecule has 1 saturated heterocycles. The van der Waals surface area contributed by atoms with Gasteiger partial charge < -0.3 is 15.5 Å². The number of carbonyl (C=O) groups excluding carboxylic acids is 1. The highest BCUT2D eigenvalue weighted by atomic mass is 16.3. The minimum absolute atomic E-state index is 0.00279. The molecule has 0 spiro atoms. The second kappa shape index (κ2) is 8.25. The Hall–Kier alpha value is -2.21. The second-order valence-corrected chi connectivity index (χ2v) is 6.55. The number of rotatable bonds is 5. The van der Waals surface area contributed by atoms with Crippen LogP contribution < -0.4 is 5.32 Å². The maximum atomic E-state index is 12.4. The van der Waals surface area contributed by atoms with E-state index in [1.54, 1.807) is 6.07 Å². The third-order valence-electron chi connectivity index (χ3n) is 4.64. The molecule has 1 heterocycles. The maximum absolute atomic E-state index is 12.4. The molecule has 2 unspecified atom stereocenters. The monoisotopic (exact) mass is 340 g/mol. The van der Waals surface area contributed by atoms with Crippen molar-refractivity contribution in [3.63, 3.8) is 0 Å². The molecule has 25 heavy (non-hydrogen) atoms. The van der Waals surface area contributed by atoms with Crippen LogP contribution in [-0.2, 0) is 6.54 Å². The highest BCUT2D eigenvalue weighted by Gasteiger charge is 2.27. The van der Waals surface area contributed by atoms with Gasteiger partial charge in [-0.05, 0) is 36.2 Å². The van der Waals surface area contributed by atoms with Crippen LogP contribution in [0.4, 0.5) is 5.69 Å². The van der Waals surface area contributed by atoms with Gasteiger partial charge in [0.1, 0.15) is 0 Å². The summed E-state index contributed by atoms with van der Waals surface area (Å²) in [6, 6.07) is 17.0. The molecule has 5 nitrogen and oxygen atoms in total. The van der Waals surface area contributed by atoms with Crippen molar-refractivity contribution in [3.05, 3.63) is 65.7 Å². The number of anilines is 1. The van der Waals surface area contributed by atoms with Crippen LogP contribution in [0.25, 0.3) is 0 Å². The molecule has 2 atom stereocenters. The van der Waals surface area contributed by atoms with Crippen LogP contribution >= 0.6 is 0 Å². The molecule has 2 aromatic rings. The number of carbonyl (C=O) groups is 1. The number of hydrogen-bond donors (Lipinski definition) is 3. The van der Waals surface area contributed by atoms with Crippen molar-refractivity contribution >= 4 is 11.6 Å². The van der Waals surface area contributed by atoms with Crippen LogP contribution in [0.5, 0.6) is 0 Å². The number of aliphatic hydroxyl groups is 2. The normalized spacial score (nSPS) is 21.0. The molecule has 0 radical (unpaired) electrons. The molecule has 1 aliphatic heterocycles. The number of benzene rings is 2. The van der Waals surface area contributed by atoms with E-state index in [0.29, 0.717) is 25.1 Å². The first-order valence-electron chi connectivity index (χ1n) is 8.62. The van der Waals surface area contributed by atoms with E-state index in [4.69, 9.17) is 0 Å². The lowest BCUT2D eigenvalue weighted by atomic mass is 9.95. The smallest absolute Gasteiger partial charge is 0.255 e. The summed E-state index contributed by atoms with van der Waals surface area (Å²) in [6.07, 6.45) is 0.239. The van der Waals surface area contributed by atoms with Crippen LogP contribution in [0.1, 0.15) is 22.3 Å². The third-order valence-corrected chi connectivity index (χ3v) is 4.64. The molecule has 0 aromatic heterocycles. The van der Waals surface area contributed by atoms with Crippen molar-refractivity contribution in [2.75, 3.05) is 25.0 Å². The zero-order chi connectivity index (χ0) is 17.6. The molecule has 132 valence electrons. The number of amides is 1. The fraction of sp³-hybridized carbons (Fsp3) is 0.350. The molecule has 0 aliphatic carbocycles. The number of nitrogens with one attached hydrogen (secondary N) is 1. The van der Waals surface area contributed by atoms with Gasteiger partial charge in [-0.15, -0.1) is 0 Å². The highest BCUT2D eigenvalue weighted by Crippen LogP contribution is 2.19. The fourth-order valence-corrected chi connectivity index (χ4v) is 3.21. The first-order valence-corrected chi connectivity index (χ1v) is 8.62. The molecule has 0 saturated carbocycles. The molecule has 0 bridgehead atoms. The Bertz CT molecular complexity index is 705. The number of piperidine rings is 1. The Morgan fingerprint density at radius 2 is 1.96 bits per heavy atom. The van der Waals surface area contributed by atoms with Crippen LogP contribution in [-0.4, -0.2) is 46.8 Å². The van der Waals surface area contributed by atoms with Crippen LogP contribution in [0.2, 0.25) is 0 Å². The fourth-order valence-electron chi connectivity index (χ4n) is 3.21. The lowest BCUT2D eigenvalue weighted by Gasteiger charge is -2.35. The van der Waals surface area contributed by atoms with Crippen LogP contribution in [0.15, 0.2) is 54.6 Å². The van der Waals surface area contributed by atoms with Crippen molar-refractivity contribution in [3.8, 4) is 0 Å². The minimum atomic E-state index is -0.427. The van der Waals surface area contributed by atoms with Gasteiger partial charge in [-0.2, -0.15) is 0 Å². The van der Waals surface area contributed by atoms with Crippen molar-refractivity contribution < 1.29 is 15.0 Å². The van der Waals surface area contributed by atoms with Gasteiger partial charge in [0.05, 0.1) is 6.10 Å². The first-order chi connectivity index (χ1) is 12.2. The summed E-state index contributed by atoms with van der Waals surface area (Å²) in [5.41, 5.74) is 2.44. The van der Waals surface area contributed by atoms with Crippen LogP contribution in [0.3, 0.4) is 0 Å². The standard InChI is InChI=1S/C20H24N2O3/c23-14-17-13-22(10-9-19(17)24)12-15-5-4-6-16(11-15)20(25)21-18-7-2-1-3-8-18/h1-8,11,17,19,23-24H,9-10,12-14H2,(H,21,25). The summed E-state index contributed by atoms with van der Waals surface area (Å²) in [7, 11) is 0. The van der Waals surface area contributed by atoms with E-state index in [2.05, 4.69) is 10.2 Å². The summed E-state index contributed by atoms with van der Waals surface area (Å²) in [4.78, 5) is 14.6. The van der Waals surface area contributed by atoms with Gasteiger partial charge >= 0.3 is 0 Å². The van der Waals surface area contributed by atoms with Gasteiger partial charge in [-0.3, -0.25) is 9.69 Å².